The number of nitrogen functional groups attached to an aromatic ring is 2. The highest BCUT2D eigenvalue weighted by Crippen LogP contribution is 2.42. The van der Waals surface area contributed by atoms with Gasteiger partial charge in [0.1, 0.15) is 29.3 Å². The zero-order valence-corrected chi connectivity index (χ0v) is 13.6. The highest BCUT2D eigenvalue weighted by Gasteiger charge is 2.30. The van der Waals surface area contributed by atoms with E-state index in [1.807, 2.05) is 6.07 Å². The number of benzene rings is 1. The van der Waals surface area contributed by atoms with Gasteiger partial charge in [0.25, 0.3) is 0 Å². The Bertz CT molecular complexity index is 1020. The second-order valence-corrected chi connectivity index (χ2v) is 5.64. The standard InChI is InChI=1S/C15H10ClFN8O/c16-7-1-5(2-8(17)12(7)26)11-9-10(20)6(3-18)13(21)24-14(9)25-15(23-11)22-4-19/h1-2,11,26H,(H6,20,21,22,23,24,25). The molecule has 11 heteroatoms. The molecular formula is C15H10ClFN8O. The van der Waals surface area contributed by atoms with E-state index < -0.39 is 17.6 Å². The molecule has 7 N–H and O–H groups in total. The van der Waals surface area contributed by atoms with E-state index in [1.165, 1.54) is 6.07 Å². The number of aromatic nitrogens is 1. The van der Waals surface area contributed by atoms with Gasteiger partial charge in [-0.05, 0) is 17.7 Å². The smallest absolute Gasteiger partial charge is 0.211 e. The summed E-state index contributed by atoms with van der Waals surface area (Å²) in [6, 6.07) is 3.23. The van der Waals surface area contributed by atoms with Crippen LogP contribution in [-0.4, -0.2) is 16.1 Å². The number of hydrogen-bond donors (Lipinski definition) is 5. The fraction of sp³-hybridized carbons (Fsp3) is 0.0667. The molecule has 1 aliphatic heterocycles. The van der Waals surface area contributed by atoms with Crippen molar-refractivity contribution < 1.29 is 9.50 Å². The molecule has 0 aliphatic carbocycles. The number of anilines is 3. The first-order chi connectivity index (χ1) is 12.4. The minimum Gasteiger partial charge on any atom is -0.504 e. The first kappa shape index (κ1) is 17.1. The molecule has 0 amide bonds. The Hall–Kier alpha value is -3.76. The molecule has 0 bridgehead atoms. The van der Waals surface area contributed by atoms with E-state index in [0.717, 1.165) is 6.07 Å². The van der Waals surface area contributed by atoms with Crippen molar-refractivity contribution >= 4 is 34.9 Å². The monoisotopic (exact) mass is 372 g/mol. The number of pyridine rings is 1. The van der Waals surface area contributed by atoms with Gasteiger partial charge in [0, 0.05) is 5.56 Å². The van der Waals surface area contributed by atoms with Crippen molar-refractivity contribution in [3.05, 3.63) is 39.7 Å². The van der Waals surface area contributed by atoms with E-state index >= 15 is 0 Å². The lowest BCUT2D eigenvalue weighted by atomic mass is 9.95. The van der Waals surface area contributed by atoms with E-state index in [9.17, 15) is 14.8 Å². The number of nitriles is 2. The van der Waals surface area contributed by atoms with Crippen molar-refractivity contribution in [3.63, 3.8) is 0 Å². The van der Waals surface area contributed by atoms with Gasteiger partial charge in [-0.3, -0.25) is 5.32 Å². The third kappa shape index (κ3) is 2.64. The van der Waals surface area contributed by atoms with Gasteiger partial charge in [-0.1, -0.05) is 11.6 Å². The molecule has 0 radical (unpaired) electrons. The van der Waals surface area contributed by atoms with Gasteiger partial charge in [-0.2, -0.15) is 10.5 Å². The molecule has 130 valence electrons. The molecule has 1 unspecified atom stereocenters. The Morgan fingerprint density at radius 1 is 1.35 bits per heavy atom. The normalized spacial score (nSPS) is 15.1. The highest BCUT2D eigenvalue weighted by molar-refractivity contribution is 6.32. The van der Waals surface area contributed by atoms with Crippen LogP contribution in [-0.2, 0) is 0 Å². The predicted molar refractivity (Wildman–Crippen MR) is 92.5 cm³/mol. The van der Waals surface area contributed by atoms with E-state index in [2.05, 4.69) is 20.6 Å². The maximum Gasteiger partial charge on any atom is 0.211 e. The lowest BCUT2D eigenvalue weighted by Gasteiger charge is -2.26. The summed E-state index contributed by atoms with van der Waals surface area (Å²) < 4.78 is 13.9. The van der Waals surface area contributed by atoms with Crippen molar-refractivity contribution in [2.24, 2.45) is 4.99 Å². The summed E-state index contributed by atoms with van der Waals surface area (Å²) >= 11 is 5.85. The molecule has 3 rings (SSSR count). The van der Waals surface area contributed by atoms with Crippen LogP contribution >= 0.6 is 11.6 Å². The summed E-state index contributed by atoms with van der Waals surface area (Å²) in [5, 5.41) is 32.4. The molecule has 1 aromatic heterocycles. The Morgan fingerprint density at radius 2 is 2.08 bits per heavy atom. The zero-order chi connectivity index (χ0) is 19.0. The molecule has 1 aromatic carbocycles. The number of fused-ring (bicyclic) bond motifs is 1. The summed E-state index contributed by atoms with van der Waals surface area (Å²) in [6.45, 7) is 0. The molecule has 0 saturated heterocycles. The SMILES string of the molecule is N#CNC1=NC(c2cc(F)c(O)c(Cl)c2)c2c(nc(N)c(C#N)c2N)N1. The minimum absolute atomic E-state index is 0.0110. The third-order valence-corrected chi connectivity index (χ3v) is 4.00. The number of rotatable bonds is 1. The van der Waals surface area contributed by atoms with Crippen LogP contribution in [0.4, 0.5) is 21.7 Å². The molecule has 2 heterocycles. The molecular weight excluding hydrogens is 363 g/mol. The molecule has 26 heavy (non-hydrogen) atoms. The summed E-state index contributed by atoms with van der Waals surface area (Å²) in [6.07, 6.45) is 1.70. The van der Waals surface area contributed by atoms with Crippen molar-refractivity contribution in [1.29, 1.82) is 10.5 Å². The first-order valence-electron chi connectivity index (χ1n) is 7.04. The number of phenolic OH excluding ortho intramolecular Hbond substituents is 1. The van der Waals surface area contributed by atoms with E-state index in [4.69, 9.17) is 28.3 Å². The van der Waals surface area contributed by atoms with E-state index in [1.54, 1.807) is 6.19 Å². The average Bonchev–Trinajstić information content (AvgIpc) is 2.59. The third-order valence-electron chi connectivity index (χ3n) is 3.71. The summed E-state index contributed by atoms with van der Waals surface area (Å²) in [5.41, 5.74) is 12.2. The fourth-order valence-electron chi connectivity index (χ4n) is 2.57. The van der Waals surface area contributed by atoms with Crippen molar-refractivity contribution in [1.82, 2.24) is 10.3 Å². The van der Waals surface area contributed by atoms with Crippen LogP contribution in [0.2, 0.25) is 5.02 Å². The van der Waals surface area contributed by atoms with Gasteiger partial charge >= 0.3 is 0 Å². The summed E-state index contributed by atoms with van der Waals surface area (Å²) in [5.74, 6) is -1.60. The van der Waals surface area contributed by atoms with E-state index in [0.29, 0.717) is 0 Å². The Morgan fingerprint density at radius 3 is 2.69 bits per heavy atom. The van der Waals surface area contributed by atoms with Gasteiger partial charge in [-0.15, -0.1) is 0 Å². The van der Waals surface area contributed by atoms with Crippen LogP contribution in [0, 0.1) is 28.6 Å². The van der Waals surface area contributed by atoms with Crippen LogP contribution in [0.3, 0.4) is 0 Å². The second kappa shape index (κ2) is 6.27. The topological polar surface area (TPSA) is 169 Å². The van der Waals surface area contributed by atoms with Crippen LogP contribution in [0.25, 0.3) is 0 Å². The van der Waals surface area contributed by atoms with Crippen molar-refractivity contribution in [2.75, 3.05) is 16.8 Å². The number of nitrogens with two attached hydrogens (primary N) is 2. The van der Waals surface area contributed by atoms with Crippen molar-refractivity contribution in [3.8, 4) is 18.0 Å². The van der Waals surface area contributed by atoms with E-state index in [-0.39, 0.29) is 45.0 Å². The molecule has 0 saturated carbocycles. The van der Waals surface area contributed by atoms with Crippen molar-refractivity contribution in [2.45, 2.75) is 6.04 Å². The number of guanidine groups is 1. The van der Waals surface area contributed by atoms with Gasteiger partial charge in [0.2, 0.25) is 5.96 Å². The minimum atomic E-state index is -0.958. The zero-order valence-electron chi connectivity index (χ0n) is 12.9. The van der Waals surface area contributed by atoms with Crippen LogP contribution < -0.4 is 22.1 Å². The number of aliphatic imine (C=N–C) groups is 1. The highest BCUT2D eigenvalue weighted by atomic mass is 35.5. The largest absolute Gasteiger partial charge is 0.504 e. The maximum atomic E-state index is 13.9. The van der Waals surface area contributed by atoms with Gasteiger partial charge in [0.05, 0.1) is 10.7 Å². The lowest BCUT2D eigenvalue weighted by Crippen LogP contribution is -2.32. The number of nitrogens with one attached hydrogen (secondary N) is 2. The molecule has 0 spiro atoms. The van der Waals surface area contributed by atoms with Gasteiger partial charge in [-0.25, -0.2) is 14.4 Å². The van der Waals surface area contributed by atoms with Gasteiger partial charge in [0.15, 0.2) is 17.8 Å². The fourth-order valence-corrected chi connectivity index (χ4v) is 2.78. The Balaban J connectivity index is 2.28. The molecule has 9 nitrogen and oxygen atoms in total. The first-order valence-corrected chi connectivity index (χ1v) is 7.42. The molecule has 1 aliphatic rings. The summed E-state index contributed by atoms with van der Waals surface area (Å²) in [7, 11) is 0. The number of phenols is 1. The number of nitrogens with zero attached hydrogens (tertiary/aromatic N) is 4. The molecule has 0 fully saturated rings. The molecule has 1 atom stereocenters. The Labute approximate surface area is 151 Å². The van der Waals surface area contributed by atoms with Crippen LogP contribution in [0.5, 0.6) is 5.75 Å². The van der Waals surface area contributed by atoms with Crippen LogP contribution in [0.15, 0.2) is 17.1 Å². The maximum absolute atomic E-state index is 13.9. The number of aromatic hydroxyl groups is 1. The predicted octanol–water partition coefficient (Wildman–Crippen LogP) is 1.56. The Kier molecular flexibility index (Phi) is 4.12. The second-order valence-electron chi connectivity index (χ2n) is 5.24. The average molecular weight is 373 g/mol. The quantitative estimate of drug-likeness (QED) is 0.371. The van der Waals surface area contributed by atoms with Gasteiger partial charge < -0.3 is 21.9 Å². The number of hydrogen-bond acceptors (Lipinski definition) is 9. The lowest BCUT2D eigenvalue weighted by molar-refractivity contribution is 0.432. The molecule has 2 aromatic rings. The number of halogens is 2. The van der Waals surface area contributed by atoms with Crippen LogP contribution in [0.1, 0.15) is 22.7 Å². The summed E-state index contributed by atoms with van der Waals surface area (Å²) in [4.78, 5) is 8.33.